The number of rotatable bonds is 6. The topological polar surface area (TPSA) is 25.2 Å². The second-order valence-electron chi connectivity index (χ2n) is 4.30. The molecule has 1 atom stereocenters. The summed E-state index contributed by atoms with van der Waals surface area (Å²) >= 11 is 5.08. The van der Waals surface area contributed by atoms with E-state index in [2.05, 4.69) is 4.57 Å². The summed E-state index contributed by atoms with van der Waals surface area (Å²) in [7, 11) is 0. The zero-order valence-corrected chi connectivity index (χ0v) is 14.3. The van der Waals surface area contributed by atoms with Crippen molar-refractivity contribution >= 4 is 35.3 Å². The Balaban J connectivity index is 2.25. The molecule has 0 spiro atoms. The number of hydrogen-bond donors (Lipinski definition) is 1. The lowest BCUT2D eigenvalue weighted by atomic mass is 10.1. The molecule has 0 aliphatic carbocycles. The highest BCUT2D eigenvalue weighted by Crippen LogP contribution is 2.51. The van der Waals surface area contributed by atoms with E-state index in [1.54, 1.807) is 35.3 Å². The van der Waals surface area contributed by atoms with Gasteiger partial charge in [-0.1, -0.05) is 12.1 Å². The van der Waals surface area contributed by atoms with Crippen LogP contribution in [-0.4, -0.2) is 31.9 Å². The van der Waals surface area contributed by atoms with Crippen LogP contribution in [-0.2, 0) is 0 Å². The van der Waals surface area contributed by atoms with Gasteiger partial charge in [-0.3, -0.25) is 0 Å². The summed E-state index contributed by atoms with van der Waals surface area (Å²) in [4.78, 5) is 0. The minimum absolute atomic E-state index is 0.255. The molecular weight excluding hydrogens is 306 g/mol. The van der Waals surface area contributed by atoms with Gasteiger partial charge in [-0.2, -0.15) is 0 Å². The molecule has 0 amide bonds. The van der Waals surface area contributed by atoms with E-state index in [0.717, 1.165) is 11.3 Å². The van der Waals surface area contributed by atoms with E-state index >= 15 is 0 Å². The second kappa shape index (κ2) is 6.98. The Hall–Kier alpha value is -0.490. The summed E-state index contributed by atoms with van der Waals surface area (Å²) in [6.45, 7) is 0. The molecule has 1 aromatic heterocycles. The fourth-order valence-corrected chi connectivity index (χ4v) is 5.20. The molecule has 20 heavy (non-hydrogen) atoms. The molecule has 0 radical (unpaired) electrons. The highest BCUT2D eigenvalue weighted by molar-refractivity contribution is 8.33. The second-order valence-corrected chi connectivity index (χ2v) is 8.23. The van der Waals surface area contributed by atoms with Crippen molar-refractivity contribution in [3.8, 4) is 5.69 Å². The van der Waals surface area contributed by atoms with Crippen LogP contribution in [0, 0.1) is 0 Å². The van der Waals surface area contributed by atoms with Crippen LogP contribution in [0.2, 0.25) is 0 Å². The molecule has 0 bridgehead atoms. The van der Waals surface area contributed by atoms with Crippen molar-refractivity contribution in [2.24, 2.45) is 0 Å². The molecule has 2 nitrogen and oxygen atoms in total. The monoisotopic (exact) mass is 325 g/mol. The van der Waals surface area contributed by atoms with Gasteiger partial charge in [-0.25, -0.2) is 0 Å². The quantitative estimate of drug-likeness (QED) is 0.803. The summed E-state index contributed by atoms with van der Waals surface area (Å²) in [6.07, 6.45) is 9.67. The van der Waals surface area contributed by atoms with Gasteiger partial charge < -0.3 is 9.67 Å². The molecule has 0 aliphatic heterocycles. The third kappa shape index (κ3) is 3.06. The third-order valence-electron chi connectivity index (χ3n) is 3.30. The lowest BCUT2D eigenvalue weighted by Gasteiger charge is -2.33. The van der Waals surface area contributed by atoms with Crippen LogP contribution in [0.1, 0.15) is 11.7 Å². The first kappa shape index (κ1) is 15.9. The molecule has 1 unspecified atom stereocenters. The number of aliphatic hydroxyl groups excluding tert-OH is 1. The van der Waals surface area contributed by atoms with Crippen molar-refractivity contribution in [1.29, 1.82) is 0 Å². The van der Waals surface area contributed by atoms with E-state index in [1.807, 2.05) is 67.6 Å². The number of thioether (sulfide) groups is 3. The molecule has 2 rings (SSSR count). The van der Waals surface area contributed by atoms with Crippen LogP contribution in [0.4, 0.5) is 0 Å². The zero-order chi connectivity index (χ0) is 14.6. The van der Waals surface area contributed by atoms with Crippen LogP contribution in [0.25, 0.3) is 5.69 Å². The Morgan fingerprint density at radius 3 is 1.90 bits per heavy atom. The Morgan fingerprint density at radius 2 is 1.45 bits per heavy atom. The maximum Gasteiger partial charge on any atom is 0.136 e. The van der Waals surface area contributed by atoms with Gasteiger partial charge in [-0.05, 0) is 48.6 Å². The molecule has 5 heteroatoms. The SMILES string of the molecule is CSC(SC)(SC)C(O)c1ccc(-n2cccc2)cc1. The summed E-state index contributed by atoms with van der Waals surface area (Å²) in [5.41, 5.74) is 2.06. The van der Waals surface area contributed by atoms with Crippen molar-refractivity contribution in [2.75, 3.05) is 18.8 Å². The third-order valence-corrected chi connectivity index (χ3v) is 8.68. The van der Waals surface area contributed by atoms with Crippen LogP contribution in [0.3, 0.4) is 0 Å². The van der Waals surface area contributed by atoms with Crippen LogP contribution < -0.4 is 0 Å². The Bertz CT molecular complexity index is 512. The van der Waals surface area contributed by atoms with E-state index in [4.69, 9.17) is 0 Å². The lowest BCUT2D eigenvalue weighted by molar-refractivity contribution is 0.188. The van der Waals surface area contributed by atoms with Gasteiger partial charge in [-0.15, -0.1) is 35.3 Å². The molecule has 108 valence electrons. The lowest BCUT2D eigenvalue weighted by Crippen LogP contribution is -2.24. The first-order chi connectivity index (χ1) is 9.66. The average molecular weight is 326 g/mol. The van der Waals surface area contributed by atoms with Gasteiger partial charge in [0.15, 0.2) is 0 Å². The molecular formula is C15H19NOS3. The predicted molar refractivity (Wildman–Crippen MR) is 94.0 cm³/mol. The van der Waals surface area contributed by atoms with Gasteiger partial charge >= 0.3 is 0 Å². The van der Waals surface area contributed by atoms with Crippen LogP contribution >= 0.6 is 35.3 Å². The van der Waals surface area contributed by atoms with Crippen molar-refractivity contribution in [1.82, 2.24) is 4.57 Å². The predicted octanol–water partition coefficient (Wildman–Crippen LogP) is 4.25. The molecule has 0 fully saturated rings. The summed E-state index contributed by atoms with van der Waals surface area (Å²) in [5, 5.41) is 10.7. The van der Waals surface area contributed by atoms with Crippen molar-refractivity contribution < 1.29 is 5.11 Å². The van der Waals surface area contributed by atoms with Gasteiger partial charge in [0.1, 0.15) is 9.52 Å². The standard InChI is InChI=1S/C15H19NOS3/c1-18-15(19-2,20-3)14(17)12-6-8-13(9-7-12)16-10-4-5-11-16/h4-11,14,17H,1-3H3. The summed E-state index contributed by atoms with van der Waals surface area (Å²) in [5.74, 6) is 0. The van der Waals surface area contributed by atoms with E-state index in [1.165, 1.54) is 0 Å². The molecule has 2 aromatic rings. The molecule has 0 aliphatic rings. The average Bonchev–Trinajstić information content (AvgIpc) is 3.04. The van der Waals surface area contributed by atoms with E-state index in [0.29, 0.717) is 0 Å². The van der Waals surface area contributed by atoms with Crippen molar-refractivity contribution in [2.45, 2.75) is 9.52 Å². The Morgan fingerprint density at radius 1 is 0.950 bits per heavy atom. The normalized spacial score (nSPS) is 13.4. The minimum atomic E-state index is -0.499. The number of aliphatic hydroxyl groups is 1. The zero-order valence-electron chi connectivity index (χ0n) is 11.8. The molecule has 0 saturated heterocycles. The first-order valence-corrected chi connectivity index (χ1v) is 9.91. The number of aromatic nitrogens is 1. The van der Waals surface area contributed by atoms with E-state index < -0.39 is 6.10 Å². The summed E-state index contributed by atoms with van der Waals surface area (Å²) in [6, 6.07) is 12.1. The van der Waals surface area contributed by atoms with E-state index in [-0.39, 0.29) is 3.41 Å². The summed E-state index contributed by atoms with van der Waals surface area (Å²) < 4.78 is 1.80. The number of nitrogens with zero attached hydrogens (tertiary/aromatic N) is 1. The van der Waals surface area contributed by atoms with Gasteiger partial charge in [0.05, 0.1) is 0 Å². The van der Waals surface area contributed by atoms with Crippen LogP contribution in [0.15, 0.2) is 48.8 Å². The Labute approximate surface area is 133 Å². The van der Waals surface area contributed by atoms with Gasteiger partial charge in [0.2, 0.25) is 0 Å². The molecule has 1 heterocycles. The maximum absolute atomic E-state index is 10.7. The van der Waals surface area contributed by atoms with Gasteiger partial charge in [0, 0.05) is 18.1 Å². The largest absolute Gasteiger partial charge is 0.385 e. The van der Waals surface area contributed by atoms with E-state index in [9.17, 15) is 5.11 Å². The van der Waals surface area contributed by atoms with Crippen molar-refractivity contribution in [3.63, 3.8) is 0 Å². The molecule has 1 aromatic carbocycles. The van der Waals surface area contributed by atoms with Crippen molar-refractivity contribution in [3.05, 3.63) is 54.4 Å². The molecule has 1 N–H and O–H groups in total. The highest BCUT2D eigenvalue weighted by atomic mass is 32.3. The Kier molecular flexibility index (Phi) is 5.55. The van der Waals surface area contributed by atoms with Gasteiger partial charge in [0.25, 0.3) is 0 Å². The minimum Gasteiger partial charge on any atom is -0.385 e. The first-order valence-electron chi connectivity index (χ1n) is 6.23. The highest BCUT2D eigenvalue weighted by Gasteiger charge is 2.36. The molecule has 0 saturated carbocycles. The fraction of sp³-hybridized carbons (Fsp3) is 0.333. The number of hydrogen-bond acceptors (Lipinski definition) is 4. The smallest absolute Gasteiger partial charge is 0.136 e. The fourth-order valence-electron chi connectivity index (χ4n) is 2.12. The maximum atomic E-state index is 10.7. The number of benzene rings is 1. The van der Waals surface area contributed by atoms with Crippen LogP contribution in [0.5, 0.6) is 0 Å².